The minimum Gasteiger partial charge on any atom is -0.296 e. The van der Waals surface area contributed by atoms with E-state index >= 15 is 0 Å². The van der Waals surface area contributed by atoms with E-state index in [1.54, 1.807) is 19.9 Å². The summed E-state index contributed by atoms with van der Waals surface area (Å²) in [5.74, 6) is 0. The number of nitrogens with zero attached hydrogens (tertiary/aromatic N) is 1. The largest absolute Gasteiger partial charge is 0.400 e. The third-order valence-corrected chi connectivity index (χ3v) is 2.68. The van der Waals surface area contributed by atoms with E-state index in [2.05, 4.69) is 4.99 Å². The van der Waals surface area contributed by atoms with Gasteiger partial charge in [-0.1, -0.05) is 18.2 Å². The van der Waals surface area contributed by atoms with Gasteiger partial charge in [-0.15, -0.1) is 0 Å². The number of alkyl halides is 3. The Morgan fingerprint density at radius 2 is 2.07 bits per heavy atom. The van der Waals surface area contributed by atoms with E-state index in [1.165, 1.54) is 18.4 Å². The van der Waals surface area contributed by atoms with Gasteiger partial charge in [0.1, 0.15) is 5.41 Å². The van der Waals surface area contributed by atoms with Crippen LogP contribution in [-0.2, 0) is 0 Å². The van der Waals surface area contributed by atoms with Gasteiger partial charge in [0.25, 0.3) is 0 Å². The van der Waals surface area contributed by atoms with E-state index in [1.807, 2.05) is 0 Å². The van der Waals surface area contributed by atoms with Crippen LogP contribution in [0.1, 0.15) is 20.3 Å². The second kappa shape index (κ2) is 4.21. The summed E-state index contributed by atoms with van der Waals surface area (Å²) in [6, 6.07) is 0. The molecule has 0 aromatic heterocycles. The van der Waals surface area contributed by atoms with E-state index in [0.717, 1.165) is 0 Å². The van der Waals surface area contributed by atoms with Gasteiger partial charge in [0.15, 0.2) is 0 Å². The Balaban J connectivity index is 3.13. The summed E-state index contributed by atoms with van der Waals surface area (Å²) in [6.07, 6.45) is 1.72. The van der Waals surface area contributed by atoms with Crippen LogP contribution >= 0.6 is 0 Å². The first-order valence-corrected chi connectivity index (χ1v) is 4.82. The maximum atomic E-state index is 13.0. The fraction of sp³-hybridized carbons (Fsp3) is 0.545. The zero-order valence-corrected chi connectivity index (χ0v) is 8.80. The number of hydrogen-bond donors (Lipinski definition) is 0. The molecule has 1 aliphatic rings. The molecule has 1 unspecified atom stereocenters. The van der Waals surface area contributed by atoms with Crippen molar-refractivity contribution >= 4 is 6.21 Å². The molecule has 1 atom stereocenters. The first-order chi connectivity index (χ1) is 6.98. The second-order valence-corrected chi connectivity index (χ2v) is 3.55. The van der Waals surface area contributed by atoms with E-state index in [9.17, 15) is 13.2 Å². The van der Waals surface area contributed by atoms with Gasteiger partial charge >= 0.3 is 6.18 Å². The molecule has 1 rings (SSSR count). The van der Waals surface area contributed by atoms with Gasteiger partial charge in [0, 0.05) is 12.6 Å². The maximum absolute atomic E-state index is 13.0. The SMILES string of the molecule is CC=CC(=CC)C1(C(F)(F)F)CC=NC1. The molecule has 0 fully saturated rings. The van der Waals surface area contributed by atoms with Crippen molar-refractivity contribution in [3.63, 3.8) is 0 Å². The van der Waals surface area contributed by atoms with Gasteiger partial charge in [-0.2, -0.15) is 13.2 Å². The summed E-state index contributed by atoms with van der Waals surface area (Å²) < 4.78 is 39.1. The molecule has 84 valence electrons. The molecule has 1 aliphatic heterocycles. The third-order valence-electron chi connectivity index (χ3n) is 2.68. The molecule has 0 aromatic carbocycles. The molecule has 0 saturated carbocycles. The molecule has 15 heavy (non-hydrogen) atoms. The van der Waals surface area contributed by atoms with Crippen molar-refractivity contribution in [2.75, 3.05) is 6.54 Å². The Bertz CT molecular complexity index is 302. The zero-order valence-electron chi connectivity index (χ0n) is 8.80. The summed E-state index contributed by atoms with van der Waals surface area (Å²) in [5.41, 5.74) is -1.50. The standard InChI is InChI=1S/C11H14F3N/c1-3-5-9(4-2)10(11(12,13)14)6-7-15-8-10/h3-5,7H,6,8H2,1-2H3. The monoisotopic (exact) mass is 217 g/mol. The Kier molecular flexibility index (Phi) is 3.37. The highest BCUT2D eigenvalue weighted by atomic mass is 19.4. The van der Waals surface area contributed by atoms with Crippen LogP contribution in [0, 0.1) is 5.41 Å². The Morgan fingerprint density at radius 1 is 1.40 bits per heavy atom. The average molecular weight is 217 g/mol. The van der Waals surface area contributed by atoms with E-state index in [4.69, 9.17) is 0 Å². The summed E-state index contributed by atoms with van der Waals surface area (Å²) in [7, 11) is 0. The lowest BCUT2D eigenvalue weighted by atomic mass is 9.77. The van der Waals surface area contributed by atoms with Gasteiger partial charge in [0.2, 0.25) is 0 Å². The summed E-state index contributed by atoms with van der Waals surface area (Å²) in [4.78, 5) is 3.73. The lowest BCUT2D eigenvalue weighted by Gasteiger charge is -2.31. The normalized spacial score (nSPS) is 27.9. The number of halogens is 3. The van der Waals surface area contributed by atoms with Crippen molar-refractivity contribution in [2.45, 2.75) is 26.4 Å². The van der Waals surface area contributed by atoms with Crippen LogP contribution in [0.25, 0.3) is 0 Å². The van der Waals surface area contributed by atoms with Crippen LogP contribution in [0.15, 0.2) is 28.8 Å². The molecular weight excluding hydrogens is 203 g/mol. The molecule has 0 aromatic rings. The molecular formula is C11H14F3N. The van der Waals surface area contributed by atoms with Gasteiger partial charge < -0.3 is 0 Å². The molecule has 0 radical (unpaired) electrons. The molecule has 0 saturated heterocycles. The first kappa shape index (κ1) is 12.0. The van der Waals surface area contributed by atoms with Crippen molar-refractivity contribution in [3.05, 3.63) is 23.8 Å². The Morgan fingerprint density at radius 3 is 2.40 bits per heavy atom. The number of rotatable bonds is 2. The minimum atomic E-state index is -4.25. The number of allylic oxidation sites excluding steroid dienone is 3. The highest BCUT2D eigenvalue weighted by Gasteiger charge is 2.56. The van der Waals surface area contributed by atoms with Crippen LogP contribution in [0.5, 0.6) is 0 Å². The van der Waals surface area contributed by atoms with Crippen LogP contribution in [0.3, 0.4) is 0 Å². The summed E-state index contributed by atoms with van der Waals surface area (Å²) >= 11 is 0. The summed E-state index contributed by atoms with van der Waals surface area (Å²) in [6.45, 7) is 3.14. The molecule has 0 aliphatic carbocycles. The molecule has 1 heterocycles. The molecule has 1 nitrogen and oxygen atoms in total. The number of hydrogen-bond acceptors (Lipinski definition) is 1. The predicted octanol–water partition coefficient (Wildman–Crippen LogP) is 3.53. The quantitative estimate of drug-likeness (QED) is 0.627. The molecule has 0 amide bonds. The topological polar surface area (TPSA) is 12.4 Å². The van der Waals surface area contributed by atoms with E-state index in [-0.39, 0.29) is 13.0 Å². The van der Waals surface area contributed by atoms with Crippen molar-refractivity contribution in [1.82, 2.24) is 0 Å². The van der Waals surface area contributed by atoms with Crippen LogP contribution in [-0.4, -0.2) is 18.9 Å². The smallest absolute Gasteiger partial charge is 0.296 e. The average Bonchev–Trinajstić information content (AvgIpc) is 2.62. The zero-order chi connectivity index (χ0) is 11.5. The third kappa shape index (κ3) is 1.98. The van der Waals surface area contributed by atoms with Crippen LogP contribution in [0.2, 0.25) is 0 Å². The highest BCUT2D eigenvalue weighted by Crippen LogP contribution is 2.49. The van der Waals surface area contributed by atoms with Gasteiger partial charge in [0.05, 0.1) is 6.54 Å². The predicted molar refractivity (Wildman–Crippen MR) is 55.0 cm³/mol. The van der Waals surface area contributed by atoms with Gasteiger partial charge in [-0.05, 0) is 19.4 Å². The Labute approximate surface area is 87.4 Å². The van der Waals surface area contributed by atoms with Crippen LogP contribution < -0.4 is 0 Å². The van der Waals surface area contributed by atoms with Gasteiger partial charge in [-0.3, -0.25) is 4.99 Å². The van der Waals surface area contributed by atoms with Crippen molar-refractivity contribution in [1.29, 1.82) is 0 Å². The fourth-order valence-electron chi connectivity index (χ4n) is 1.80. The lowest BCUT2D eigenvalue weighted by Crippen LogP contribution is -2.40. The highest BCUT2D eigenvalue weighted by molar-refractivity contribution is 5.63. The minimum absolute atomic E-state index is 0.0550. The number of aliphatic imine (C=N–C) groups is 1. The molecule has 0 spiro atoms. The summed E-state index contributed by atoms with van der Waals surface area (Å²) in [5, 5.41) is 0. The molecule has 0 bridgehead atoms. The first-order valence-electron chi connectivity index (χ1n) is 4.82. The Hall–Kier alpha value is -1.06. The van der Waals surface area contributed by atoms with E-state index < -0.39 is 11.6 Å². The fourth-order valence-corrected chi connectivity index (χ4v) is 1.80. The van der Waals surface area contributed by atoms with Crippen molar-refractivity contribution < 1.29 is 13.2 Å². The lowest BCUT2D eigenvalue weighted by molar-refractivity contribution is -0.200. The molecule has 4 heteroatoms. The van der Waals surface area contributed by atoms with Crippen LogP contribution in [0.4, 0.5) is 13.2 Å². The van der Waals surface area contributed by atoms with Crippen molar-refractivity contribution in [2.24, 2.45) is 10.4 Å². The van der Waals surface area contributed by atoms with Gasteiger partial charge in [-0.25, -0.2) is 0 Å². The maximum Gasteiger partial charge on any atom is 0.400 e. The van der Waals surface area contributed by atoms with Crippen molar-refractivity contribution in [3.8, 4) is 0 Å². The second-order valence-electron chi connectivity index (χ2n) is 3.55. The van der Waals surface area contributed by atoms with E-state index in [0.29, 0.717) is 5.57 Å². The molecule has 0 N–H and O–H groups in total.